The first-order valence-corrected chi connectivity index (χ1v) is 7.84. The van der Waals surface area contributed by atoms with Crippen molar-refractivity contribution in [1.82, 2.24) is 15.6 Å². The summed E-state index contributed by atoms with van der Waals surface area (Å²) in [4.78, 5) is 26.0. The van der Waals surface area contributed by atoms with Crippen LogP contribution in [0.15, 0.2) is 16.6 Å². The third-order valence-corrected chi connectivity index (χ3v) is 4.12. The molecule has 0 aliphatic carbocycles. The predicted octanol–water partition coefficient (Wildman–Crippen LogP) is 2.22. The van der Waals surface area contributed by atoms with Gasteiger partial charge in [0.15, 0.2) is 0 Å². The van der Waals surface area contributed by atoms with Gasteiger partial charge in [0.1, 0.15) is 11.4 Å². The molecule has 2 amide bonds. The van der Waals surface area contributed by atoms with E-state index in [0.717, 1.165) is 5.39 Å². The number of aromatic nitrogens is 1. The van der Waals surface area contributed by atoms with Gasteiger partial charge in [-0.1, -0.05) is 0 Å². The summed E-state index contributed by atoms with van der Waals surface area (Å²) < 4.78 is 30.5. The summed E-state index contributed by atoms with van der Waals surface area (Å²) in [6.07, 6.45) is -2.85. The molecule has 3 N–H and O–H groups in total. The standard InChI is InChI=1S/C15H16BrF2N3O3/c1-19-14(22)12-7(3-4-20-15(23)13(17)18)8-5-11(24-2)9(16)6-10(8)21-12/h5-6,13,21H,3-4H2,1-2H3,(H,19,22)(H,20,23). The van der Waals surface area contributed by atoms with Crippen LogP contribution in [0.3, 0.4) is 0 Å². The molecule has 2 aromatic rings. The average molecular weight is 404 g/mol. The number of halogens is 3. The monoisotopic (exact) mass is 403 g/mol. The van der Waals surface area contributed by atoms with Gasteiger partial charge < -0.3 is 20.4 Å². The molecule has 9 heteroatoms. The Bertz CT molecular complexity index is 777. The number of nitrogens with one attached hydrogen (secondary N) is 3. The summed E-state index contributed by atoms with van der Waals surface area (Å²) in [5.74, 6) is -1.10. The van der Waals surface area contributed by atoms with E-state index in [2.05, 4.69) is 31.5 Å². The van der Waals surface area contributed by atoms with Gasteiger partial charge in [0.05, 0.1) is 11.6 Å². The van der Waals surface area contributed by atoms with E-state index in [9.17, 15) is 18.4 Å². The first-order chi connectivity index (χ1) is 11.4. The van der Waals surface area contributed by atoms with Gasteiger partial charge in [-0.05, 0) is 40.0 Å². The number of hydrogen-bond donors (Lipinski definition) is 3. The van der Waals surface area contributed by atoms with Crippen molar-refractivity contribution in [2.24, 2.45) is 0 Å². The van der Waals surface area contributed by atoms with Gasteiger partial charge in [0, 0.05) is 24.5 Å². The molecule has 130 valence electrons. The minimum Gasteiger partial charge on any atom is -0.496 e. The minimum absolute atomic E-state index is 0.0154. The van der Waals surface area contributed by atoms with E-state index < -0.39 is 12.3 Å². The quantitative estimate of drug-likeness (QED) is 0.691. The number of H-pyrrole nitrogens is 1. The number of aromatic amines is 1. The van der Waals surface area contributed by atoms with Crippen LogP contribution in [0.25, 0.3) is 10.9 Å². The number of hydrogen-bond acceptors (Lipinski definition) is 3. The van der Waals surface area contributed by atoms with Crippen molar-refractivity contribution in [3.8, 4) is 5.75 Å². The van der Waals surface area contributed by atoms with Gasteiger partial charge in [0.2, 0.25) is 0 Å². The highest BCUT2D eigenvalue weighted by molar-refractivity contribution is 9.10. The number of carbonyl (C=O) groups is 2. The maximum atomic E-state index is 12.2. The number of alkyl halides is 2. The third-order valence-electron chi connectivity index (χ3n) is 3.51. The Morgan fingerprint density at radius 3 is 2.67 bits per heavy atom. The van der Waals surface area contributed by atoms with Crippen molar-refractivity contribution in [1.29, 1.82) is 0 Å². The minimum atomic E-state index is -3.07. The van der Waals surface area contributed by atoms with Gasteiger partial charge in [0.25, 0.3) is 11.8 Å². The van der Waals surface area contributed by atoms with E-state index in [1.807, 2.05) is 0 Å². The molecule has 0 saturated heterocycles. The van der Waals surface area contributed by atoms with E-state index >= 15 is 0 Å². The zero-order chi connectivity index (χ0) is 17.9. The van der Waals surface area contributed by atoms with Crippen LogP contribution in [-0.4, -0.2) is 43.9 Å². The Balaban J connectivity index is 2.40. The Morgan fingerprint density at radius 1 is 1.38 bits per heavy atom. The lowest BCUT2D eigenvalue weighted by atomic mass is 10.1. The van der Waals surface area contributed by atoms with Crippen molar-refractivity contribution in [2.75, 3.05) is 20.7 Å². The Hall–Kier alpha value is -2.16. The summed E-state index contributed by atoms with van der Waals surface area (Å²) in [6, 6.07) is 3.51. The fourth-order valence-electron chi connectivity index (χ4n) is 2.37. The number of amides is 2. The van der Waals surface area contributed by atoms with Crippen LogP contribution >= 0.6 is 15.9 Å². The van der Waals surface area contributed by atoms with Gasteiger partial charge in [-0.2, -0.15) is 8.78 Å². The van der Waals surface area contributed by atoms with Crippen molar-refractivity contribution < 1.29 is 23.1 Å². The Labute approximate surface area is 145 Å². The summed E-state index contributed by atoms with van der Waals surface area (Å²) in [6.45, 7) is -0.0154. The molecule has 0 bridgehead atoms. The lowest BCUT2D eigenvalue weighted by molar-refractivity contribution is -0.131. The number of benzene rings is 1. The number of methoxy groups -OCH3 is 1. The van der Waals surface area contributed by atoms with Crippen LogP contribution < -0.4 is 15.4 Å². The molecule has 24 heavy (non-hydrogen) atoms. The fraction of sp³-hybridized carbons (Fsp3) is 0.333. The Morgan fingerprint density at radius 2 is 2.08 bits per heavy atom. The molecule has 0 aliphatic heterocycles. The molecule has 1 heterocycles. The molecule has 0 aliphatic rings. The molecular formula is C15H16BrF2N3O3. The topological polar surface area (TPSA) is 83.2 Å². The molecule has 0 unspecified atom stereocenters. The van der Waals surface area contributed by atoms with E-state index in [1.165, 1.54) is 14.2 Å². The SMILES string of the molecule is CNC(=O)c1[nH]c2cc(Br)c(OC)cc2c1CCNC(=O)C(F)F. The molecule has 0 atom stereocenters. The molecule has 1 aromatic heterocycles. The summed E-state index contributed by atoms with van der Waals surface area (Å²) in [5.41, 5.74) is 1.63. The van der Waals surface area contributed by atoms with E-state index in [1.54, 1.807) is 12.1 Å². The third kappa shape index (κ3) is 3.66. The van der Waals surface area contributed by atoms with Crippen molar-refractivity contribution in [3.63, 3.8) is 0 Å². The van der Waals surface area contributed by atoms with E-state index in [-0.39, 0.29) is 18.9 Å². The number of rotatable bonds is 6. The highest BCUT2D eigenvalue weighted by Gasteiger charge is 2.20. The van der Waals surface area contributed by atoms with Gasteiger partial charge in [-0.25, -0.2) is 0 Å². The second-order valence-corrected chi connectivity index (χ2v) is 5.79. The summed E-state index contributed by atoms with van der Waals surface area (Å²) in [7, 11) is 3.01. The highest BCUT2D eigenvalue weighted by Crippen LogP contribution is 2.33. The van der Waals surface area contributed by atoms with Crippen LogP contribution in [0.5, 0.6) is 5.75 Å². The van der Waals surface area contributed by atoms with Crippen LogP contribution in [0.4, 0.5) is 8.78 Å². The summed E-state index contributed by atoms with van der Waals surface area (Å²) in [5, 5.41) is 5.38. The zero-order valence-corrected chi connectivity index (χ0v) is 14.6. The number of fused-ring (bicyclic) bond motifs is 1. The van der Waals surface area contributed by atoms with Gasteiger partial charge >= 0.3 is 6.43 Å². The molecule has 0 fully saturated rings. The normalized spacial score (nSPS) is 10.9. The smallest absolute Gasteiger partial charge is 0.315 e. The van der Waals surface area contributed by atoms with Crippen LogP contribution in [0.2, 0.25) is 0 Å². The molecular weight excluding hydrogens is 388 g/mol. The lowest BCUT2D eigenvalue weighted by Gasteiger charge is -2.07. The first kappa shape index (κ1) is 18.2. The van der Waals surface area contributed by atoms with Gasteiger partial charge in [-0.3, -0.25) is 9.59 Å². The van der Waals surface area contributed by atoms with Crippen molar-refractivity contribution in [3.05, 3.63) is 27.9 Å². The van der Waals surface area contributed by atoms with Gasteiger partial charge in [-0.15, -0.1) is 0 Å². The molecule has 6 nitrogen and oxygen atoms in total. The molecule has 0 spiro atoms. The van der Waals surface area contributed by atoms with E-state index in [4.69, 9.17) is 4.74 Å². The molecule has 0 saturated carbocycles. The predicted molar refractivity (Wildman–Crippen MR) is 88.7 cm³/mol. The summed E-state index contributed by atoms with van der Waals surface area (Å²) >= 11 is 3.37. The number of ether oxygens (including phenoxy) is 1. The second-order valence-electron chi connectivity index (χ2n) is 4.93. The van der Waals surface area contributed by atoms with Crippen LogP contribution in [0, 0.1) is 0 Å². The van der Waals surface area contributed by atoms with Crippen LogP contribution in [-0.2, 0) is 11.2 Å². The lowest BCUT2D eigenvalue weighted by Crippen LogP contribution is -2.31. The maximum absolute atomic E-state index is 12.2. The largest absolute Gasteiger partial charge is 0.496 e. The second kappa shape index (κ2) is 7.61. The van der Waals surface area contributed by atoms with Crippen LogP contribution in [0.1, 0.15) is 16.1 Å². The van der Waals surface area contributed by atoms with Crippen molar-refractivity contribution >= 4 is 38.6 Å². The first-order valence-electron chi connectivity index (χ1n) is 7.05. The highest BCUT2D eigenvalue weighted by atomic mass is 79.9. The molecule has 0 radical (unpaired) electrons. The average Bonchev–Trinajstić information content (AvgIpc) is 2.90. The Kier molecular flexibility index (Phi) is 5.76. The fourth-order valence-corrected chi connectivity index (χ4v) is 2.88. The van der Waals surface area contributed by atoms with Crippen molar-refractivity contribution in [2.45, 2.75) is 12.8 Å². The molecule has 2 rings (SSSR count). The maximum Gasteiger partial charge on any atom is 0.315 e. The zero-order valence-electron chi connectivity index (χ0n) is 13.0. The van der Waals surface area contributed by atoms with E-state index in [0.29, 0.717) is 27.0 Å². The number of carbonyl (C=O) groups excluding carboxylic acids is 2. The molecule has 1 aromatic carbocycles.